The predicted octanol–water partition coefficient (Wildman–Crippen LogP) is 3.63. The zero-order chi connectivity index (χ0) is 17.5. The van der Waals surface area contributed by atoms with Crippen LogP contribution in [0.25, 0.3) is 0 Å². The molecule has 0 aliphatic heterocycles. The van der Waals surface area contributed by atoms with E-state index in [-0.39, 0.29) is 11.6 Å². The van der Waals surface area contributed by atoms with Crippen LogP contribution in [0.1, 0.15) is 30.3 Å². The number of anilines is 2. The summed E-state index contributed by atoms with van der Waals surface area (Å²) in [7, 11) is 3.49. The first-order chi connectivity index (χ1) is 11.5. The third-order valence-corrected chi connectivity index (χ3v) is 3.81. The number of hydrogen-bond acceptors (Lipinski definition) is 5. The summed E-state index contributed by atoms with van der Waals surface area (Å²) in [4.78, 5) is 22.7. The maximum absolute atomic E-state index is 12.2. The molecule has 128 valence electrons. The van der Waals surface area contributed by atoms with Crippen molar-refractivity contribution in [3.63, 3.8) is 0 Å². The third-order valence-electron chi connectivity index (χ3n) is 3.52. The fourth-order valence-electron chi connectivity index (χ4n) is 2.08. The van der Waals surface area contributed by atoms with Gasteiger partial charge in [-0.1, -0.05) is 24.9 Å². The summed E-state index contributed by atoms with van der Waals surface area (Å²) in [5.74, 6) is 0.952. The first-order valence-electron chi connectivity index (χ1n) is 7.73. The van der Waals surface area contributed by atoms with Gasteiger partial charge in [0.25, 0.3) is 5.91 Å². The lowest BCUT2D eigenvalue weighted by Gasteiger charge is -2.17. The number of unbranched alkanes of at least 4 members (excludes halogenated alkanes) is 1. The second-order valence-corrected chi connectivity index (χ2v) is 5.75. The molecular formula is C17H21ClN4O2. The van der Waals surface area contributed by atoms with Crippen molar-refractivity contribution >= 4 is 29.0 Å². The highest BCUT2D eigenvalue weighted by molar-refractivity contribution is 6.32. The highest BCUT2D eigenvalue weighted by atomic mass is 35.5. The van der Waals surface area contributed by atoms with Crippen molar-refractivity contribution in [3.05, 3.63) is 41.3 Å². The molecule has 0 unspecified atom stereocenters. The van der Waals surface area contributed by atoms with Gasteiger partial charge in [-0.25, -0.2) is 9.97 Å². The molecule has 2 rings (SSSR count). The maximum atomic E-state index is 12.2. The summed E-state index contributed by atoms with van der Waals surface area (Å²) in [6, 6.07) is 5.02. The molecule has 7 heteroatoms. The Bertz CT molecular complexity index is 691. The molecule has 0 aliphatic rings. The number of benzene rings is 1. The van der Waals surface area contributed by atoms with Crippen LogP contribution in [-0.2, 0) is 0 Å². The number of rotatable bonds is 7. The van der Waals surface area contributed by atoms with Gasteiger partial charge in [0.1, 0.15) is 17.3 Å². The molecule has 24 heavy (non-hydrogen) atoms. The molecule has 2 aromatic rings. The molecular weight excluding hydrogens is 328 g/mol. The van der Waals surface area contributed by atoms with E-state index in [2.05, 4.69) is 22.2 Å². The van der Waals surface area contributed by atoms with E-state index in [9.17, 15) is 4.79 Å². The molecule has 0 saturated carbocycles. The van der Waals surface area contributed by atoms with Gasteiger partial charge in [0.05, 0.1) is 24.5 Å². The van der Waals surface area contributed by atoms with Crippen LogP contribution in [-0.4, -0.2) is 36.6 Å². The summed E-state index contributed by atoms with van der Waals surface area (Å²) in [6.07, 6.45) is 5.27. The van der Waals surface area contributed by atoms with E-state index in [1.165, 1.54) is 13.3 Å². The van der Waals surface area contributed by atoms with E-state index in [0.29, 0.717) is 16.5 Å². The number of ether oxygens (including phenoxy) is 1. The molecule has 1 amide bonds. The standard InChI is InChI=1S/C17H21ClN4O2/c1-4-5-8-22(2)16-11-19-14(10-20-16)17(23)21-12-6-7-15(24-3)13(18)9-12/h6-7,9-11H,4-5,8H2,1-3H3,(H,21,23). The molecule has 0 saturated heterocycles. The van der Waals surface area contributed by atoms with Crippen LogP contribution in [0, 0.1) is 0 Å². The first-order valence-corrected chi connectivity index (χ1v) is 8.11. The zero-order valence-corrected chi connectivity index (χ0v) is 14.8. The Morgan fingerprint density at radius 2 is 2.12 bits per heavy atom. The van der Waals surface area contributed by atoms with Crippen molar-refractivity contribution in [1.29, 1.82) is 0 Å². The van der Waals surface area contributed by atoms with Crippen LogP contribution in [0.2, 0.25) is 5.02 Å². The maximum Gasteiger partial charge on any atom is 0.275 e. The fourth-order valence-corrected chi connectivity index (χ4v) is 2.34. The lowest BCUT2D eigenvalue weighted by Crippen LogP contribution is -2.21. The van der Waals surface area contributed by atoms with Crippen LogP contribution < -0.4 is 15.0 Å². The molecule has 0 atom stereocenters. The molecule has 1 aromatic carbocycles. The number of amides is 1. The van der Waals surface area contributed by atoms with Gasteiger partial charge in [-0.05, 0) is 24.6 Å². The molecule has 0 spiro atoms. The normalized spacial score (nSPS) is 10.3. The Kier molecular flexibility index (Phi) is 6.37. The van der Waals surface area contributed by atoms with E-state index in [1.54, 1.807) is 24.4 Å². The number of hydrogen-bond donors (Lipinski definition) is 1. The van der Waals surface area contributed by atoms with Crippen molar-refractivity contribution in [2.45, 2.75) is 19.8 Å². The van der Waals surface area contributed by atoms with Crippen molar-refractivity contribution in [2.24, 2.45) is 0 Å². The van der Waals surface area contributed by atoms with Gasteiger partial charge in [-0.3, -0.25) is 4.79 Å². The Morgan fingerprint density at radius 3 is 2.71 bits per heavy atom. The van der Waals surface area contributed by atoms with E-state index in [0.717, 1.165) is 25.2 Å². The lowest BCUT2D eigenvalue weighted by atomic mass is 10.3. The molecule has 0 aliphatic carbocycles. The number of methoxy groups -OCH3 is 1. The predicted molar refractivity (Wildman–Crippen MR) is 96.2 cm³/mol. The average molecular weight is 349 g/mol. The van der Waals surface area contributed by atoms with Crippen LogP contribution in [0.3, 0.4) is 0 Å². The molecule has 6 nitrogen and oxygen atoms in total. The largest absolute Gasteiger partial charge is 0.495 e. The monoisotopic (exact) mass is 348 g/mol. The fraction of sp³-hybridized carbons (Fsp3) is 0.353. The van der Waals surface area contributed by atoms with E-state index < -0.39 is 0 Å². The molecule has 1 aromatic heterocycles. The van der Waals surface area contributed by atoms with Gasteiger partial charge in [0.2, 0.25) is 0 Å². The van der Waals surface area contributed by atoms with Gasteiger partial charge in [-0.15, -0.1) is 0 Å². The van der Waals surface area contributed by atoms with E-state index >= 15 is 0 Å². The molecule has 0 radical (unpaired) electrons. The van der Waals surface area contributed by atoms with E-state index in [1.807, 2.05) is 11.9 Å². The Morgan fingerprint density at radius 1 is 1.33 bits per heavy atom. The number of nitrogens with one attached hydrogen (secondary N) is 1. The topological polar surface area (TPSA) is 67.4 Å². The van der Waals surface area contributed by atoms with Crippen LogP contribution in [0.4, 0.5) is 11.5 Å². The summed E-state index contributed by atoms with van der Waals surface area (Å²) in [5, 5.41) is 3.16. The van der Waals surface area contributed by atoms with Crippen molar-refractivity contribution < 1.29 is 9.53 Å². The van der Waals surface area contributed by atoms with Gasteiger partial charge >= 0.3 is 0 Å². The van der Waals surface area contributed by atoms with Gasteiger partial charge in [0, 0.05) is 19.3 Å². The minimum atomic E-state index is -0.341. The minimum absolute atomic E-state index is 0.245. The number of halogens is 1. The van der Waals surface area contributed by atoms with Crippen molar-refractivity contribution in [1.82, 2.24) is 9.97 Å². The quantitative estimate of drug-likeness (QED) is 0.827. The molecule has 1 heterocycles. The SMILES string of the molecule is CCCCN(C)c1cnc(C(=O)Nc2ccc(OC)c(Cl)c2)cn1. The van der Waals surface area contributed by atoms with Crippen LogP contribution in [0.15, 0.2) is 30.6 Å². The molecule has 0 bridgehead atoms. The number of nitrogens with zero attached hydrogens (tertiary/aromatic N) is 3. The van der Waals surface area contributed by atoms with Gasteiger partial charge in [0.15, 0.2) is 0 Å². The summed E-state index contributed by atoms with van der Waals surface area (Å²) < 4.78 is 5.08. The van der Waals surface area contributed by atoms with Crippen molar-refractivity contribution in [2.75, 3.05) is 30.9 Å². The Balaban J connectivity index is 2.03. The Hall–Kier alpha value is -2.34. The molecule has 1 N–H and O–H groups in total. The molecule has 0 fully saturated rings. The first kappa shape index (κ1) is 18.0. The van der Waals surface area contributed by atoms with Crippen molar-refractivity contribution in [3.8, 4) is 5.75 Å². The van der Waals surface area contributed by atoms with Crippen LogP contribution >= 0.6 is 11.6 Å². The highest BCUT2D eigenvalue weighted by Gasteiger charge is 2.11. The highest BCUT2D eigenvalue weighted by Crippen LogP contribution is 2.27. The second-order valence-electron chi connectivity index (χ2n) is 5.34. The van der Waals surface area contributed by atoms with Crippen LogP contribution in [0.5, 0.6) is 5.75 Å². The summed E-state index contributed by atoms with van der Waals surface area (Å²) in [6.45, 7) is 3.04. The Labute approximate surface area is 146 Å². The van der Waals surface area contributed by atoms with E-state index in [4.69, 9.17) is 16.3 Å². The minimum Gasteiger partial charge on any atom is -0.495 e. The summed E-state index contributed by atoms with van der Waals surface area (Å²) >= 11 is 6.05. The summed E-state index contributed by atoms with van der Waals surface area (Å²) in [5.41, 5.74) is 0.811. The van der Waals surface area contributed by atoms with Gasteiger partial charge < -0.3 is 15.0 Å². The number of aromatic nitrogens is 2. The van der Waals surface area contributed by atoms with Gasteiger partial charge in [-0.2, -0.15) is 0 Å². The smallest absolute Gasteiger partial charge is 0.275 e. The average Bonchev–Trinajstić information content (AvgIpc) is 2.60. The third kappa shape index (κ3) is 4.58. The second kappa shape index (κ2) is 8.49. The number of carbonyl (C=O) groups is 1. The number of carbonyl (C=O) groups excluding carboxylic acids is 1. The zero-order valence-electron chi connectivity index (χ0n) is 14.0. The lowest BCUT2D eigenvalue weighted by molar-refractivity contribution is 0.102.